The van der Waals surface area contributed by atoms with Gasteiger partial charge in [0.15, 0.2) is 0 Å². The maximum Gasteiger partial charge on any atom is 0.322 e. The molecule has 0 saturated heterocycles. The molecule has 0 aliphatic carbocycles. The van der Waals surface area contributed by atoms with E-state index in [1.807, 2.05) is 0 Å². The molecule has 6 N–H and O–H groups in total. The molecule has 0 unspecified atom stereocenters. The zero-order valence-electron chi connectivity index (χ0n) is 16.7. The predicted octanol–water partition coefficient (Wildman–Crippen LogP) is 2.15. The van der Waals surface area contributed by atoms with Crippen LogP contribution in [0.3, 0.4) is 0 Å². The van der Waals surface area contributed by atoms with Gasteiger partial charge in [0.1, 0.15) is 16.7 Å². The van der Waals surface area contributed by atoms with Gasteiger partial charge in [0.25, 0.3) is 0 Å². The summed E-state index contributed by atoms with van der Waals surface area (Å²) in [6.07, 6.45) is 0.439. The van der Waals surface area contributed by atoms with E-state index < -0.39 is 22.0 Å². The van der Waals surface area contributed by atoms with Crippen molar-refractivity contribution >= 4 is 45.2 Å². The summed E-state index contributed by atoms with van der Waals surface area (Å²) < 4.78 is 32.9. The van der Waals surface area contributed by atoms with Gasteiger partial charge in [-0.15, -0.1) is 0 Å². The molecule has 2 rings (SSSR count). The normalized spacial score (nSPS) is 12.2. The van der Waals surface area contributed by atoms with Crippen LogP contribution in [0.2, 0.25) is 10.0 Å². The lowest BCUT2D eigenvalue weighted by Crippen LogP contribution is -2.42. The van der Waals surface area contributed by atoms with Crippen LogP contribution in [-0.2, 0) is 26.1 Å². The van der Waals surface area contributed by atoms with Crippen LogP contribution in [0.1, 0.15) is 12.0 Å². The second kappa shape index (κ2) is 11.9. The van der Waals surface area contributed by atoms with Crippen LogP contribution in [-0.4, -0.2) is 44.7 Å². The number of ether oxygens (including phenoxy) is 1. The highest BCUT2D eigenvalue weighted by Gasteiger charge is 2.27. The first-order chi connectivity index (χ1) is 15.1. The molecule has 0 spiro atoms. The highest BCUT2D eigenvalue weighted by atomic mass is 35.5. The van der Waals surface area contributed by atoms with Crippen LogP contribution in [0.4, 0.5) is 0 Å². The van der Waals surface area contributed by atoms with Crippen molar-refractivity contribution < 1.29 is 27.9 Å². The summed E-state index contributed by atoms with van der Waals surface area (Å²) in [4.78, 5) is 16.2. The Balaban J connectivity index is 1.96. The van der Waals surface area contributed by atoms with Gasteiger partial charge in [-0.2, -0.15) is 4.72 Å². The number of guanidine groups is 1. The molecular formula is C19H22Cl2N4O6S. The van der Waals surface area contributed by atoms with E-state index in [0.29, 0.717) is 24.3 Å². The van der Waals surface area contributed by atoms with Crippen LogP contribution >= 0.6 is 23.2 Å². The van der Waals surface area contributed by atoms with E-state index in [2.05, 4.69) is 10.2 Å². The molecule has 0 amide bonds. The maximum absolute atomic E-state index is 12.6. The van der Waals surface area contributed by atoms with Crippen LogP contribution in [0, 0.1) is 5.41 Å². The van der Waals surface area contributed by atoms with Gasteiger partial charge in [-0.25, -0.2) is 13.9 Å². The average Bonchev–Trinajstić information content (AvgIpc) is 2.72. The fourth-order valence-electron chi connectivity index (χ4n) is 2.52. The Morgan fingerprint density at radius 1 is 1.16 bits per heavy atom. The summed E-state index contributed by atoms with van der Waals surface area (Å²) in [5.74, 6) is -1.09. The molecular weight excluding hydrogens is 483 g/mol. The molecule has 0 radical (unpaired) electrons. The number of carboxylic acids is 1. The van der Waals surface area contributed by atoms with Gasteiger partial charge in [0.05, 0.1) is 18.2 Å². The number of halogens is 2. The molecule has 0 aliphatic heterocycles. The van der Waals surface area contributed by atoms with E-state index in [4.69, 9.17) is 43.9 Å². The average molecular weight is 505 g/mol. The van der Waals surface area contributed by atoms with Crippen molar-refractivity contribution in [3.05, 3.63) is 58.1 Å². The number of rotatable bonds is 12. The molecule has 0 fully saturated rings. The van der Waals surface area contributed by atoms with E-state index in [1.165, 1.54) is 12.1 Å². The van der Waals surface area contributed by atoms with Crippen molar-refractivity contribution in [2.75, 3.05) is 13.2 Å². The SMILES string of the molecule is N=C(N)NOCCCOc1ccc(C[C@H](NS(=O)(=O)c2cc(Cl)ccc2Cl)C(=O)O)cc1. The minimum Gasteiger partial charge on any atom is -0.494 e. The van der Waals surface area contributed by atoms with E-state index in [0.717, 1.165) is 6.07 Å². The van der Waals surface area contributed by atoms with Gasteiger partial charge in [-0.05, 0) is 42.3 Å². The largest absolute Gasteiger partial charge is 0.494 e. The van der Waals surface area contributed by atoms with E-state index in [-0.39, 0.29) is 33.9 Å². The zero-order valence-corrected chi connectivity index (χ0v) is 19.0. The van der Waals surface area contributed by atoms with Gasteiger partial charge in [-0.3, -0.25) is 15.0 Å². The summed E-state index contributed by atoms with van der Waals surface area (Å²) in [6, 6.07) is 9.04. The molecule has 0 aliphatic rings. The third-order valence-corrected chi connectivity index (χ3v) is 6.17. The molecule has 174 valence electrons. The number of hydroxylamine groups is 1. The van der Waals surface area contributed by atoms with Gasteiger partial charge in [-0.1, -0.05) is 35.3 Å². The number of carbonyl (C=O) groups is 1. The lowest BCUT2D eigenvalue weighted by molar-refractivity contribution is -0.138. The smallest absolute Gasteiger partial charge is 0.322 e. The Labute approximate surface area is 195 Å². The van der Waals surface area contributed by atoms with Gasteiger partial charge in [0, 0.05) is 11.4 Å². The third kappa shape index (κ3) is 8.17. The minimum atomic E-state index is -4.22. The summed E-state index contributed by atoms with van der Waals surface area (Å²) in [5, 5.41) is 16.5. The molecule has 0 saturated carbocycles. The topological polar surface area (TPSA) is 164 Å². The molecule has 0 heterocycles. The first-order valence-corrected chi connectivity index (χ1v) is 11.5. The molecule has 13 heteroatoms. The number of hydrogen-bond acceptors (Lipinski definition) is 6. The summed E-state index contributed by atoms with van der Waals surface area (Å²) in [5.41, 5.74) is 7.86. The molecule has 2 aromatic rings. The lowest BCUT2D eigenvalue weighted by atomic mass is 10.1. The molecule has 2 aromatic carbocycles. The summed E-state index contributed by atoms with van der Waals surface area (Å²) in [7, 11) is -4.22. The van der Waals surface area contributed by atoms with Gasteiger partial charge in [0.2, 0.25) is 16.0 Å². The Morgan fingerprint density at radius 2 is 1.84 bits per heavy atom. The highest BCUT2D eigenvalue weighted by molar-refractivity contribution is 7.89. The number of carboxylic acid groups (broad SMARTS) is 1. The zero-order chi connectivity index (χ0) is 23.7. The number of aliphatic carboxylic acids is 1. The lowest BCUT2D eigenvalue weighted by Gasteiger charge is -2.16. The third-order valence-electron chi connectivity index (χ3n) is 3.98. The molecule has 0 bridgehead atoms. The Morgan fingerprint density at radius 3 is 2.47 bits per heavy atom. The van der Waals surface area contributed by atoms with E-state index in [9.17, 15) is 18.3 Å². The number of benzene rings is 2. The van der Waals surface area contributed by atoms with Gasteiger partial charge >= 0.3 is 5.97 Å². The second-order valence-corrected chi connectivity index (χ2v) is 9.03. The van der Waals surface area contributed by atoms with E-state index >= 15 is 0 Å². The number of nitrogens with one attached hydrogen (secondary N) is 3. The van der Waals surface area contributed by atoms with Crippen molar-refractivity contribution in [3.8, 4) is 5.75 Å². The summed E-state index contributed by atoms with van der Waals surface area (Å²) in [6.45, 7) is 0.631. The Bertz CT molecular complexity index is 1050. The van der Waals surface area contributed by atoms with Crippen molar-refractivity contribution in [1.82, 2.24) is 10.2 Å². The monoisotopic (exact) mass is 504 g/mol. The number of nitrogens with two attached hydrogens (primary N) is 1. The molecule has 1 atom stereocenters. The second-order valence-electron chi connectivity index (χ2n) is 6.50. The van der Waals surface area contributed by atoms with Crippen molar-refractivity contribution in [1.29, 1.82) is 5.41 Å². The minimum absolute atomic E-state index is 0.0741. The first kappa shape index (κ1) is 25.7. The van der Waals surface area contributed by atoms with Crippen LogP contribution in [0.5, 0.6) is 5.75 Å². The first-order valence-electron chi connectivity index (χ1n) is 9.22. The summed E-state index contributed by atoms with van der Waals surface area (Å²) >= 11 is 11.8. The standard InChI is InChI=1S/C19H22Cl2N4O6S/c20-13-4-7-15(21)17(11-13)32(28,29)25-16(18(26)27)10-12-2-5-14(6-3-12)30-8-1-9-31-24-19(22)23/h2-7,11,16,25H,1,8-10H2,(H,26,27)(H4,22,23,24)/t16-/m0/s1. The van der Waals surface area contributed by atoms with Crippen LogP contribution in [0.15, 0.2) is 47.4 Å². The van der Waals surface area contributed by atoms with Crippen molar-refractivity contribution in [2.45, 2.75) is 23.8 Å². The molecule has 10 nitrogen and oxygen atoms in total. The predicted molar refractivity (Wildman–Crippen MR) is 119 cm³/mol. The van der Waals surface area contributed by atoms with E-state index in [1.54, 1.807) is 24.3 Å². The molecule has 0 aromatic heterocycles. The quantitative estimate of drug-likeness (QED) is 0.127. The fraction of sp³-hybridized carbons (Fsp3) is 0.263. The molecule has 32 heavy (non-hydrogen) atoms. The Kier molecular flexibility index (Phi) is 9.54. The fourth-order valence-corrected chi connectivity index (χ4v) is 4.47. The Hall–Kier alpha value is -2.57. The number of hydrogen-bond donors (Lipinski definition) is 5. The maximum atomic E-state index is 12.6. The highest BCUT2D eigenvalue weighted by Crippen LogP contribution is 2.25. The van der Waals surface area contributed by atoms with Crippen molar-refractivity contribution in [3.63, 3.8) is 0 Å². The van der Waals surface area contributed by atoms with Gasteiger partial charge < -0.3 is 15.6 Å². The van der Waals surface area contributed by atoms with Crippen LogP contribution < -0.4 is 20.7 Å². The van der Waals surface area contributed by atoms with Crippen molar-refractivity contribution in [2.24, 2.45) is 5.73 Å². The van der Waals surface area contributed by atoms with Crippen LogP contribution in [0.25, 0.3) is 0 Å². The number of sulfonamides is 1.